The van der Waals surface area contributed by atoms with E-state index in [1.54, 1.807) is 7.11 Å². The molecule has 1 aromatic rings. The van der Waals surface area contributed by atoms with Crippen LogP contribution >= 0.6 is 0 Å². The second-order valence-electron chi connectivity index (χ2n) is 4.43. The lowest BCUT2D eigenvalue weighted by Crippen LogP contribution is -2.29. The van der Waals surface area contributed by atoms with Gasteiger partial charge >= 0.3 is 0 Å². The van der Waals surface area contributed by atoms with E-state index in [0.29, 0.717) is 13.0 Å². The van der Waals surface area contributed by atoms with Crippen molar-refractivity contribution in [3.8, 4) is 0 Å². The second kappa shape index (κ2) is 10.5. The van der Waals surface area contributed by atoms with Crippen molar-refractivity contribution in [1.82, 2.24) is 10.6 Å². The summed E-state index contributed by atoms with van der Waals surface area (Å²) in [7, 11) is 1.69. The third kappa shape index (κ3) is 8.35. The monoisotopic (exact) mass is 264 g/mol. The lowest BCUT2D eigenvalue weighted by atomic mass is 10.1. The number of rotatable bonds is 10. The summed E-state index contributed by atoms with van der Waals surface area (Å²) in [6, 6.07) is 10.2. The Morgan fingerprint density at radius 3 is 2.68 bits per heavy atom. The number of benzene rings is 1. The quantitative estimate of drug-likeness (QED) is 0.627. The molecule has 4 heteroatoms. The standard InChI is InChI=1S/C15H24N2O2/c1-19-13-5-10-16-11-9-15(18)17-12-8-14-6-3-2-4-7-14/h2-4,6-7,16H,5,8-13H2,1H3,(H,17,18). The summed E-state index contributed by atoms with van der Waals surface area (Å²) < 4.78 is 4.95. The van der Waals surface area contributed by atoms with Gasteiger partial charge in [-0.15, -0.1) is 0 Å². The molecule has 106 valence electrons. The van der Waals surface area contributed by atoms with Crippen molar-refractivity contribution in [3.05, 3.63) is 35.9 Å². The van der Waals surface area contributed by atoms with Gasteiger partial charge in [0.05, 0.1) is 0 Å². The third-order valence-corrected chi connectivity index (χ3v) is 2.81. The molecule has 0 spiro atoms. The van der Waals surface area contributed by atoms with E-state index in [9.17, 15) is 4.79 Å². The van der Waals surface area contributed by atoms with Gasteiger partial charge in [0.2, 0.25) is 5.91 Å². The van der Waals surface area contributed by atoms with E-state index < -0.39 is 0 Å². The van der Waals surface area contributed by atoms with Gasteiger partial charge in [0.25, 0.3) is 0 Å². The normalized spacial score (nSPS) is 10.4. The number of ether oxygens (including phenoxy) is 1. The fourth-order valence-electron chi connectivity index (χ4n) is 1.75. The van der Waals surface area contributed by atoms with Crippen molar-refractivity contribution >= 4 is 5.91 Å². The highest BCUT2D eigenvalue weighted by atomic mass is 16.5. The van der Waals surface area contributed by atoms with Gasteiger partial charge in [-0.1, -0.05) is 30.3 Å². The summed E-state index contributed by atoms with van der Waals surface area (Å²) in [5.41, 5.74) is 1.25. The molecule has 0 heterocycles. The molecule has 0 aromatic heterocycles. The molecule has 0 fully saturated rings. The second-order valence-corrected chi connectivity index (χ2v) is 4.43. The Kier molecular flexibility index (Phi) is 8.68. The molecule has 4 nitrogen and oxygen atoms in total. The molecular weight excluding hydrogens is 240 g/mol. The lowest BCUT2D eigenvalue weighted by Gasteiger charge is -2.06. The van der Waals surface area contributed by atoms with Crippen molar-refractivity contribution in [2.75, 3.05) is 33.4 Å². The topological polar surface area (TPSA) is 50.4 Å². The maximum Gasteiger partial charge on any atom is 0.221 e. The number of amides is 1. The maximum absolute atomic E-state index is 11.5. The molecule has 1 amide bonds. The van der Waals surface area contributed by atoms with Gasteiger partial charge in [-0.25, -0.2) is 0 Å². The molecule has 0 aliphatic heterocycles. The number of nitrogens with one attached hydrogen (secondary N) is 2. The molecule has 0 aliphatic rings. The Labute approximate surface area is 115 Å². The van der Waals surface area contributed by atoms with E-state index in [4.69, 9.17) is 4.74 Å². The van der Waals surface area contributed by atoms with Crippen LogP contribution in [0.1, 0.15) is 18.4 Å². The number of carbonyl (C=O) groups excluding carboxylic acids is 1. The van der Waals surface area contributed by atoms with Gasteiger partial charge in [-0.2, -0.15) is 0 Å². The van der Waals surface area contributed by atoms with Gasteiger partial charge in [0.1, 0.15) is 0 Å². The Balaban J connectivity index is 1.96. The van der Waals surface area contributed by atoms with Gasteiger partial charge in [0.15, 0.2) is 0 Å². The van der Waals surface area contributed by atoms with Crippen LogP contribution in [0.25, 0.3) is 0 Å². The van der Waals surface area contributed by atoms with Crippen LogP contribution in [-0.2, 0) is 16.0 Å². The molecular formula is C15H24N2O2. The molecule has 1 rings (SSSR count). The van der Waals surface area contributed by atoms with Crippen LogP contribution in [0.15, 0.2) is 30.3 Å². The first-order chi connectivity index (χ1) is 9.33. The van der Waals surface area contributed by atoms with Gasteiger partial charge in [-0.3, -0.25) is 4.79 Å². The molecule has 0 radical (unpaired) electrons. The number of methoxy groups -OCH3 is 1. The zero-order valence-corrected chi connectivity index (χ0v) is 11.7. The van der Waals surface area contributed by atoms with Crippen molar-refractivity contribution in [2.45, 2.75) is 19.3 Å². The minimum absolute atomic E-state index is 0.107. The van der Waals surface area contributed by atoms with E-state index >= 15 is 0 Å². The van der Waals surface area contributed by atoms with E-state index in [2.05, 4.69) is 22.8 Å². The summed E-state index contributed by atoms with van der Waals surface area (Å²) in [5, 5.41) is 6.15. The Hall–Kier alpha value is -1.39. The molecule has 0 saturated carbocycles. The number of hydrogen-bond donors (Lipinski definition) is 2. The molecule has 0 atom stereocenters. The summed E-state index contributed by atoms with van der Waals surface area (Å²) in [5.74, 6) is 0.107. The van der Waals surface area contributed by atoms with E-state index in [1.165, 1.54) is 5.56 Å². The zero-order chi connectivity index (χ0) is 13.8. The maximum atomic E-state index is 11.5. The smallest absolute Gasteiger partial charge is 0.221 e. The highest BCUT2D eigenvalue weighted by Crippen LogP contribution is 1.98. The third-order valence-electron chi connectivity index (χ3n) is 2.81. The Morgan fingerprint density at radius 2 is 1.95 bits per heavy atom. The SMILES string of the molecule is COCCCNCCC(=O)NCCc1ccccc1. The van der Waals surface area contributed by atoms with Crippen molar-refractivity contribution < 1.29 is 9.53 Å². The van der Waals surface area contributed by atoms with Crippen LogP contribution in [0, 0.1) is 0 Å². The molecule has 19 heavy (non-hydrogen) atoms. The molecule has 2 N–H and O–H groups in total. The summed E-state index contributed by atoms with van der Waals surface area (Å²) >= 11 is 0. The predicted molar refractivity (Wildman–Crippen MR) is 77.1 cm³/mol. The fourth-order valence-corrected chi connectivity index (χ4v) is 1.75. The summed E-state index contributed by atoms with van der Waals surface area (Å²) in [6.45, 7) is 3.08. The van der Waals surface area contributed by atoms with E-state index in [1.807, 2.05) is 18.2 Å². The fraction of sp³-hybridized carbons (Fsp3) is 0.533. The minimum atomic E-state index is 0.107. The number of carbonyl (C=O) groups is 1. The van der Waals surface area contributed by atoms with Crippen molar-refractivity contribution in [2.24, 2.45) is 0 Å². The Morgan fingerprint density at radius 1 is 1.16 bits per heavy atom. The molecule has 0 saturated heterocycles. The molecule has 0 aliphatic carbocycles. The van der Waals surface area contributed by atoms with Gasteiger partial charge < -0.3 is 15.4 Å². The number of hydrogen-bond acceptors (Lipinski definition) is 3. The van der Waals surface area contributed by atoms with Gasteiger partial charge in [0, 0.05) is 33.2 Å². The summed E-state index contributed by atoms with van der Waals surface area (Å²) in [6.07, 6.45) is 2.39. The zero-order valence-electron chi connectivity index (χ0n) is 11.7. The highest BCUT2D eigenvalue weighted by Gasteiger charge is 2.00. The predicted octanol–water partition coefficient (Wildman–Crippen LogP) is 1.36. The van der Waals surface area contributed by atoms with E-state index in [0.717, 1.165) is 32.5 Å². The average molecular weight is 264 g/mol. The highest BCUT2D eigenvalue weighted by molar-refractivity contribution is 5.76. The van der Waals surface area contributed by atoms with Crippen LogP contribution in [0.4, 0.5) is 0 Å². The largest absolute Gasteiger partial charge is 0.385 e. The molecule has 0 unspecified atom stereocenters. The molecule has 1 aromatic carbocycles. The minimum Gasteiger partial charge on any atom is -0.385 e. The van der Waals surface area contributed by atoms with Crippen LogP contribution in [0.2, 0.25) is 0 Å². The van der Waals surface area contributed by atoms with Crippen molar-refractivity contribution in [1.29, 1.82) is 0 Å². The summed E-state index contributed by atoms with van der Waals surface area (Å²) in [4.78, 5) is 11.5. The molecule has 0 bridgehead atoms. The Bertz CT molecular complexity index is 341. The first-order valence-electron chi connectivity index (χ1n) is 6.83. The first-order valence-corrected chi connectivity index (χ1v) is 6.83. The van der Waals surface area contributed by atoms with Gasteiger partial charge in [-0.05, 0) is 24.9 Å². The lowest BCUT2D eigenvalue weighted by molar-refractivity contribution is -0.120. The van der Waals surface area contributed by atoms with Crippen molar-refractivity contribution in [3.63, 3.8) is 0 Å². The van der Waals surface area contributed by atoms with E-state index in [-0.39, 0.29) is 5.91 Å². The van der Waals surface area contributed by atoms with Crippen LogP contribution in [-0.4, -0.2) is 39.3 Å². The van der Waals surface area contributed by atoms with Crippen LogP contribution in [0.5, 0.6) is 0 Å². The van der Waals surface area contributed by atoms with Crippen LogP contribution in [0.3, 0.4) is 0 Å². The average Bonchev–Trinajstić information content (AvgIpc) is 2.44. The first kappa shape index (κ1) is 15.7. The van der Waals surface area contributed by atoms with Crippen LogP contribution < -0.4 is 10.6 Å².